The minimum Gasteiger partial charge on any atom is -0.431 e. The van der Waals surface area contributed by atoms with E-state index >= 15 is 0 Å². The van der Waals surface area contributed by atoms with Crippen LogP contribution in [0.4, 0.5) is 8.78 Å². The van der Waals surface area contributed by atoms with E-state index in [0.717, 1.165) is 0 Å². The Labute approximate surface area is 61.1 Å². The van der Waals surface area contributed by atoms with E-state index in [4.69, 9.17) is 7.98 Å². The van der Waals surface area contributed by atoms with Crippen molar-refractivity contribution in [2.75, 3.05) is 6.54 Å². The van der Waals surface area contributed by atoms with E-state index in [1.807, 2.05) is 0 Å². The van der Waals surface area contributed by atoms with Gasteiger partial charge in [0.15, 0.2) is 0 Å². The number of nitrogens with zero attached hydrogens (tertiary/aromatic N) is 1. The summed E-state index contributed by atoms with van der Waals surface area (Å²) in [5.41, 5.74) is 0. The molecule has 10 heavy (non-hydrogen) atoms. The number of halogens is 2. The molecular weight excluding hydrogens is 135 g/mol. The van der Waals surface area contributed by atoms with Gasteiger partial charge in [-0.05, 0) is 12.6 Å². The van der Waals surface area contributed by atoms with Gasteiger partial charge >= 0.3 is 0 Å². The predicted molar refractivity (Wildman–Crippen MR) is 37.9 cm³/mol. The lowest BCUT2D eigenvalue weighted by molar-refractivity contribution is 0.133. The molecular formula is C6H10BF2N. The van der Waals surface area contributed by atoms with Crippen LogP contribution in [0, 0.1) is 0 Å². The van der Waals surface area contributed by atoms with Crippen molar-refractivity contribution in [2.24, 2.45) is 0 Å². The van der Waals surface area contributed by atoms with Gasteiger partial charge in [-0.3, -0.25) is 0 Å². The molecule has 0 aliphatic rings. The van der Waals surface area contributed by atoms with Crippen molar-refractivity contribution in [3.05, 3.63) is 12.8 Å². The van der Waals surface area contributed by atoms with Crippen molar-refractivity contribution in [3.63, 3.8) is 0 Å². The molecule has 0 aromatic heterocycles. The van der Waals surface area contributed by atoms with E-state index in [9.17, 15) is 8.78 Å². The minimum atomic E-state index is -2.22. The lowest BCUT2D eigenvalue weighted by Gasteiger charge is -2.12. The topological polar surface area (TPSA) is 3.24 Å². The van der Waals surface area contributed by atoms with Crippen LogP contribution in [0.25, 0.3) is 0 Å². The minimum absolute atomic E-state index is 0.0957. The van der Waals surface area contributed by atoms with Crippen LogP contribution in [0.15, 0.2) is 12.8 Å². The van der Waals surface area contributed by atoms with Crippen LogP contribution in [-0.2, 0) is 0 Å². The molecule has 0 fully saturated rings. The third-order valence-electron chi connectivity index (χ3n) is 1.07. The monoisotopic (exact) mass is 145 g/mol. The summed E-state index contributed by atoms with van der Waals surface area (Å²) in [4.78, 5) is 1.29. The fraction of sp³-hybridized carbons (Fsp3) is 0.667. The van der Waals surface area contributed by atoms with Gasteiger partial charge in [0, 0.05) is 13.0 Å². The highest BCUT2D eigenvalue weighted by atomic mass is 19.3. The van der Waals surface area contributed by atoms with Crippen molar-refractivity contribution in [2.45, 2.75) is 19.3 Å². The molecule has 0 saturated carbocycles. The molecule has 0 heterocycles. The van der Waals surface area contributed by atoms with Crippen molar-refractivity contribution in [1.29, 1.82) is 0 Å². The van der Waals surface area contributed by atoms with Crippen molar-refractivity contribution < 1.29 is 8.78 Å². The Balaban J connectivity index is 3.11. The normalized spacial score (nSPS) is 9.90. The van der Waals surface area contributed by atoms with E-state index in [1.54, 1.807) is 0 Å². The maximum absolute atomic E-state index is 11.5. The molecule has 2 radical (unpaired) electrons. The quantitative estimate of drug-likeness (QED) is 0.530. The Morgan fingerprint density at radius 2 is 2.20 bits per heavy atom. The zero-order valence-electron chi connectivity index (χ0n) is 5.76. The number of alkyl halides is 2. The maximum Gasteiger partial charge on any atom is 0.238 e. The van der Waals surface area contributed by atoms with Gasteiger partial charge < -0.3 is 4.81 Å². The Morgan fingerprint density at radius 3 is 2.60 bits per heavy atom. The largest absolute Gasteiger partial charge is 0.431 e. The molecule has 0 bridgehead atoms. The first-order valence-corrected chi connectivity index (χ1v) is 3.09. The van der Waals surface area contributed by atoms with Crippen LogP contribution in [0.1, 0.15) is 12.8 Å². The first-order valence-electron chi connectivity index (χ1n) is 3.09. The Bertz CT molecular complexity index is 97.7. The highest BCUT2D eigenvalue weighted by Gasteiger charge is 2.00. The van der Waals surface area contributed by atoms with Crippen molar-refractivity contribution >= 4 is 7.98 Å². The Morgan fingerprint density at radius 1 is 1.60 bits per heavy atom. The summed E-state index contributed by atoms with van der Waals surface area (Å²) in [5, 5.41) is 0. The Kier molecular flexibility index (Phi) is 4.98. The van der Waals surface area contributed by atoms with Gasteiger partial charge in [0.25, 0.3) is 0 Å². The standard InChI is InChI=1S/C6H10BF2N/c1-2-10(7)5-3-4-6(8)9/h2,6H,1,3-5H2. The number of rotatable bonds is 5. The lowest BCUT2D eigenvalue weighted by atomic mass is 10.2. The van der Waals surface area contributed by atoms with Gasteiger partial charge in [0.1, 0.15) is 0 Å². The van der Waals surface area contributed by atoms with E-state index in [2.05, 4.69) is 6.58 Å². The SMILES string of the molecule is [B]N(C=C)CCCC(F)F. The van der Waals surface area contributed by atoms with Gasteiger partial charge in [-0.2, -0.15) is 0 Å². The first-order chi connectivity index (χ1) is 4.66. The maximum atomic E-state index is 11.5. The van der Waals surface area contributed by atoms with Gasteiger partial charge in [0.2, 0.25) is 14.4 Å². The van der Waals surface area contributed by atoms with E-state index < -0.39 is 6.43 Å². The molecule has 0 saturated heterocycles. The van der Waals surface area contributed by atoms with Gasteiger partial charge in [0.05, 0.1) is 0 Å². The van der Waals surface area contributed by atoms with Crippen molar-refractivity contribution in [3.8, 4) is 0 Å². The van der Waals surface area contributed by atoms with Crippen LogP contribution in [0.5, 0.6) is 0 Å². The molecule has 1 nitrogen and oxygen atoms in total. The fourth-order valence-electron chi connectivity index (χ4n) is 0.519. The second-order valence-corrected chi connectivity index (χ2v) is 1.95. The second-order valence-electron chi connectivity index (χ2n) is 1.95. The molecule has 0 aromatic rings. The molecule has 0 aromatic carbocycles. The van der Waals surface area contributed by atoms with Crippen LogP contribution in [0.2, 0.25) is 0 Å². The summed E-state index contributed by atoms with van der Waals surface area (Å²) in [6.45, 7) is 3.81. The zero-order chi connectivity index (χ0) is 7.98. The molecule has 0 unspecified atom stereocenters. The molecule has 0 spiro atoms. The van der Waals surface area contributed by atoms with E-state index in [1.165, 1.54) is 11.0 Å². The third-order valence-corrected chi connectivity index (χ3v) is 1.07. The molecule has 0 N–H and O–H groups in total. The molecule has 0 atom stereocenters. The lowest BCUT2D eigenvalue weighted by Crippen LogP contribution is -2.14. The van der Waals surface area contributed by atoms with Crippen molar-refractivity contribution in [1.82, 2.24) is 4.81 Å². The summed E-state index contributed by atoms with van der Waals surface area (Å²) in [5.74, 6) is 0. The average Bonchev–Trinajstić information content (AvgIpc) is 1.87. The highest BCUT2D eigenvalue weighted by molar-refractivity contribution is 6.05. The van der Waals surface area contributed by atoms with E-state index in [0.29, 0.717) is 13.0 Å². The first kappa shape index (κ1) is 9.46. The summed E-state index contributed by atoms with van der Waals surface area (Å²) in [7, 11) is 5.23. The second kappa shape index (κ2) is 5.27. The summed E-state index contributed by atoms with van der Waals surface area (Å²) < 4.78 is 23.0. The highest BCUT2D eigenvalue weighted by Crippen LogP contribution is 2.02. The average molecular weight is 145 g/mol. The summed E-state index contributed by atoms with van der Waals surface area (Å²) >= 11 is 0. The zero-order valence-corrected chi connectivity index (χ0v) is 5.76. The van der Waals surface area contributed by atoms with Crippen LogP contribution >= 0.6 is 0 Å². The fourth-order valence-corrected chi connectivity index (χ4v) is 0.519. The summed E-state index contributed by atoms with van der Waals surface area (Å²) in [6.07, 6.45) is -0.508. The van der Waals surface area contributed by atoms with Gasteiger partial charge in [-0.15, -0.1) is 0 Å². The molecule has 0 amide bonds. The summed E-state index contributed by atoms with van der Waals surface area (Å²) in [6, 6.07) is 0. The molecule has 56 valence electrons. The number of hydrogen-bond acceptors (Lipinski definition) is 1. The molecule has 0 rings (SSSR count). The smallest absolute Gasteiger partial charge is 0.238 e. The van der Waals surface area contributed by atoms with E-state index in [-0.39, 0.29) is 6.42 Å². The van der Waals surface area contributed by atoms with Crippen LogP contribution in [-0.4, -0.2) is 25.8 Å². The molecule has 0 aliphatic heterocycles. The molecule has 0 aliphatic carbocycles. The predicted octanol–water partition coefficient (Wildman–Crippen LogP) is 1.56. The van der Waals surface area contributed by atoms with Gasteiger partial charge in [-0.1, -0.05) is 6.58 Å². The van der Waals surface area contributed by atoms with Crippen LogP contribution < -0.4 is 0 Å². The molecule has 4 heteroatoms. The number of hydrogen-bond donors (Lipinski definition) is 0. The third kappa shape index (κ3) is 5.60. The Hall–Kier alpha value is -0.535. The van der Waals surface area contributed by atoms with Gasteiger partial charge in [-0.25, -0.2) is 8.78 Å². The van der Waals surface area contributed by atoms with Crippen LogP contribution in [0.3, 0.4) is 0 Å².